The normalized spacial score (nSPS) is 11.3. The fourth-order valence-electron chi connectivity index (χ4n) is 2.49. The minimum absolute atomic E-state index is 0.176. The van der Waals surface area contributed by atoms with E-state index in [0.29, 0.717) is 11.9 Å². The van der Waals surface area contributed by atoms with E-state index in [1.165, 1.54) is 6.07 Å². The van der Waals surface area contributed by atoms with Gasteiger partial charge in [-0.3, -0.25) is 4.79 Å². The highest BCUT2D eigenvalue weighted by molar-refractivity contribution is 7.78. The lowest BCUT2D eigenvalue weighted by Crippen LogP contribution is -2.19. The van der Waals surface area contributed by atoms with Crippen LogP contribution in [0.15, 0.2) is 83.7 Å². The highest BCUT2D eigenvalue weighted by Gasteiger charge is 2.27. The van der Waals surface area contributed by atoms with E-state index in [2.05, 4.69) is 4.98 Å². The average molecular weight is 309 g/mol. The monoisotopic (exact) mass is 309 g/mol. The maximum Gasteiger partial charge on any atom is 0.248 e. The van der Waals surface area contributed by atoms with Crippen LogP contribution in [0.2, 0.25) is 0 Å². The van der Waals surface area contributed by atoms with Crippen LogP contribution in [-0.4, -0.2) is 4.98 Å². The Labute approximate surface area is 129 Å². The molecule has 0 fully saturated rings. The van der Waals surface area contributed by atoms with Gasteiger partial charge in [0.05, 0.1) is 0 Å². The molecule has 22 heavy (non-hydrogen) atoms. The molecule has 2 aromatic carbocycles. The van der Waals surface area contributed by atoms with Gasteiger partial charge in [0, 0.05) is 28.5 Å². The number of benzene rings is 2. The molecule has 3 rings (SSSR count). The van der Waals surface area contributed by atoms with Crippen molar-refractivity contribution in [1.82, 2.24) is 4.98 Å². The highest BCUT2D eigenvalue weighted by atomic mass is 31.2. The first-order valence-electron chi connectivity index (χ1n) is 7.07. The van der Waals surface area contributed by atoms with Gasteiger partial charge < -0.3 is 9.55 Å². The summed E-state index contributed by atoms with van der Waals surface area (Å²) < 4.78 is 13.8. The van der Waals surface area contributed by atoms with Crippen molar-refractivity contribution in [3.8, 4) is 0 Å². The first-order chi connectivity index (χ1) is 10.7. The average Bonchev–Trinajstić information content (AvgIpc) is 2.56. The molecular weight excluding hydrogens is 293 g/mol. The summed E-state index contributed by atoms with van der Waals surface area (Å²) in [7, 11) is -2.84. The van der Waals surface area contributed by atoms with Crippen molar-refractivity contribution in [2.75, 3.05) is 0 Å². The van der Waals surface area contributed by atoms with Gasteiger partial charge in [-0.15, -0.1) is 0 Å². The lowest BCUT2D eigenvalue weighted by molar-refractivity contribution is 0.586. The molecule has 0 saturated heterocycles. The number of H-pyrrole nitrogens is 1. The second kappa shape index (κ2) is 6.17. The van der Waals surface area contributed by atoms with Gasteiger partial charge in [0.2, 0.25) is 5.56 Å². The molecule has 3 nitrogen and oxygen atoms in total. The minimum atomic E-state index is -2.84. The molecule has 4 heteroatoms. The van der Waals surface area contributed by atoms with E-state index in [0.717, 1.165) is 10.6 Å². The molecule has 0 atom stereocenters. The van der Waals surface area contributed by atoms with E-state index in [9.17, 15) is 9.36 Å². The third-order valence-electron chi connectivity index (χ3n) is 3.57. The summed E-state index contributed by atoms with van der Waals surface area (Å²) in [5, 5.41) is 1.59. The molecule has 0 radical (unpaired) electrons. The number of aromatic nitrogens is 1. The predicted octanol–water partition coefficient (Wildman–Crippen LogP) is 2.89. The molecule has 0 aliphatic rings. The second-order valence-electron chi connectivity index (χ2n) is 5.11. The first kappa shape index (κ1) is 14.6. The summed E-state index contributed by atoms with van der Waals surface area (Å²) in [5.41, 5.74) is 0.508. The molecular formula is C18H16NO2P. The number of hydrogen-bond donors (Lipinski definition) is 1. The summed E-state index contributed by atoms with van der Waals surface area (Å²) in [6, 6.07) is 23.8. The van der Waals surface area contributed by atoms with E-state index in [-0.39, 0.29) is 5.56 Å². The maximum atomic E-state index is 13.8. The van der Waals surface area contributed by atoms with Gasteiger partial charge in [0.25, 0.3) is 0 Å². The Morgan fingerprint density at radius 2 is 1.27 bits per heavy atom. The third-order valence-corrected chi connectivity index (χ3v) is 6.62. The molecule has 0 bridgehead atoms. The van der Waals surface area contributed by atoms with Gasteiger partial charge >= 0.3 is 0 Å². The lowest BCUT2D eigenvalue weighted by Gasteiger charge is -2.19. The fraction of sp³-hybridized carbons (Fsp3) is 0.0556. The Morgan fingerprint density at radius 1 is 0.727 bits per heavy atom. The Balaban J connectivity index is 2.12. The van der Waals surface area contributed by atoms with Crippen LogP contribution >= 0.6 is 7.14 Å². The Bertz CT molecular complexity index is 813. The molecule has 1 N–H and O–H groups in total. The molecule has 3 aromatic rings. The lowest BCUT2D eigenvalue weighted by atomic mass is 10.4. The van der Waals surface area contributed by atoms with Crippen molar-refractivity contribution < 1.29 is 4.57 Å². The van der Waals surface area contributed by atoms with Crippen LogP contribution in [0.5, 0.6) is 0 Å². The van der Waals surface area contributed by atoms with Crippen molar-refractivity contribution in [1.29, 1.82) is 0 Å². The summed E-state index contributed by atoms with van der Waals surface area (Å²) in [6.07, 6.45) is 0.303. The van der Waals surface area contributed by atoms with Gasteiger partial charge in [0.15, 0.2) is 0 Å². The summed E-state index contributed by atoms with van der Waals surface area (Å²) >= 11 is 0. The van der Waals surface area contributed by atoms with Gasteiger partial charge in [-0.05, 0) is 6.07 Å². The minimum Gasteiger partial charge on any atom is -0.326 e. The second-order valence-corrected chi connectivity index (χ2v) is 7.94. The summed E-state index contributed by atoms with van der Waals surface area (Å²) in [4.78, 5) is 14.3. The molecule has 0 spiro atoms. The van der Waals surface area contributed by atoms with Crippen LogP contribution in [0.1, 0.15) is 5.69 Å². The first-order valence-corrected chi connectivity index (χ1v) is 8.96. The Kier molecular flexibility index (Phi) is 4.08. The Morgan fingerprint density at radius 3 is 1.77 bits per heavy atom. The van der Waals surface area contributed by atoms with Crippen LogP contribution in [0, 0.1) is 0 Å². The number of rotatable bonds is 4. The number of pyridine rings is 1. The van der Waals surface area contributed by atoms with E-state index in [1.807, 2.05) is 60.7 Å². The van der Waals surface area contributed by atoms with Gasteiger partial charge in [-0.2, -0.15) is 0 Å². The number of nitrogens with one attached hydrogen (secondary N) is 1. The third kappa shape index (κ3) is 2.95. The SMILES string of the molecule is O=c1cccc(CP(=O)(c2ccccc2)c2ccccc2)[nH]1. The molecule has 0 amide bonds. The zero-order valence-corrected chi connectivity index (χ0v) is 12.9. The van der Waals surface area contributed by atoms with Crippen molar-refractivity contribution in [2.45, 2.75) is 6.16 Å². The smallest absolute Gasteiger partial charge is 0.248 e. The quantitative estimate of drug-likeness (QED) is 0.753. The molecule has 1 heterocycles. The molecule has 0 aliphatic carbocycles. The van der Waals surface area contributed by atoms with Crippen molar-refractivity contribution >= 4 is 17.8 Å². The number of hydrogen-bond acceptors (Lipinski definition) is 2. The van der Waals surface area contributed by atoms with Crippen LogP contribution < -0.4 is 16.2 Å². The van der Waals surface area contributed by atoms with Crippen LogP contribution in [0.4, 0.5) is 0 Å². The fourth-order valence-corrected chi connectivity index (χ4v) is 5.13. The maximum absolute atomic E-state index is 13.8. The van der Waals surface area contributed by atoms with E-state index < -0.39 is 7.14 Å². The largest absolute Gasteiger partial charge is 0.326 e. The zero-order chi connectivity index (χ0) is 15.4. The van der Waals surface area contributed by atoms with E-state index in [4.69, 9.17) is 0 Å². The summed E-state index contributed by atoms with van der Waals surface area (Å²) in [6.45, 7) is 0. The Hall–Kier alpha value is -2.38. The number of aromatic amines is 1. The van der Waals surface area contributed by atoms with Gasteiger partial charge in [-0.25, -0.2) is 0 Å². The van der Waals surface area contributed by atoms with Crippen LogP contribution in [-0.2, 0) is 10.7 Å². The molecule has 1 aromatic heterocycles. The predicted molar refractivity (Wildman–Crippen MR) is 90.5 cm³/mol. The van der Waals surface area contributed by atoms with E-state index in [1.54, 1.807) is 12.1 Å². The van der Waals surface area contributed by atoms with Crippen molar-refractivity contribution in [2.24, 2.45) is 0 Å². The topological polar surface area (TPSA) is 49.9 Å². The molecule has 0 aliphatic heterocycles. The zero-order valence-electron chi connectivity index (χ0n) is 12.0. The van der Waals surface area contributed by atoms with Gasteiger partial charge in [0.1, 0.15) is 7.14 Å². The van der Waals surface area contributed by atoms with E-state index >= 15 is 0 Å². The molecule has 0 unspecified atom stereocenters. The molecule has 110 valence electrons. The molecule has 0 saturated carbocycles. The standard InChI is InChI=1S/C18H16NO2P/c20-18-13-7-8-15(19-18)14-22(21,16-9-3-1-4-10-16)17-11-5-2-6-12-17/h1-13H,14H2,(H,19,20). The van der Waals surface area contributed by atoms with Gasteiger partial charge in [-0.1, -0.05) is 66.7 Å². The van der Waals surface area contributed by atoms with Crippen LogP contribution in [0.25, 0.3) is 0 Å². The highest BCUT2D eigenvalue weighted by Crippen LogP contribution is 2.46. The van der Waals surface area contributed by atoms with Crippen molar-refractivity contribution in [3.63, 3.8) is 0 Å². The van der Waals surface area contributed by atoms with Crippen molar-refractivity contribution in [3.05, 3.63) is 94.9 Å². The van der Waals surface area contributed by atoms with Crippen LogP contribution in [0.3, 0.4) is 0 Å². The summed E-state index contributed by atoms with van der Waals surface area (Å²) in [5.74, 6) is 0.